The normalized spacial score (nSPS) is 10.7. The number of halogens is 1. The highest BCUT2D eigenvalue weighted by Gasteiger charge is 2.14. The molecule has 0 saturated carbocycles. The van der Waals surface area contributed by atoms with Crippen LogP contribution in [0.5, 0.6) is 0 Å². The molecule has 0 aromatic carbocycles. The first kappa shape index (κ1) is 13.5. The minimum atomic E-state index is 0.800. The number of rotatable bonds is 4. The van der Waals surface area contributed by atoms with E-state index in [2.05, 4.69) is 56.5 Å². The van der Waals surface area contributed by atoms with E-state index in [4.69, 9.17) is 0 Å². The summed E-state index contributed by atoms with van der Waals surface area (Å²) in [5.41, 5.74) is 2.13. The zero-order valence-electron chi connectivity index (χ0n) is 10.7. The van der Waals surface area contributed by atoms with Gasteiger partial charge in [0.25, 0.3) is 0 Å². The standard InChI is InChI=1S/C13H16BrN3S/c1-4-6-15-13-8(2)11(16-9(3)17-13)12-10(14)5-7-18-12/h5,7H,4,6H2,1-3H3,(H,15,16,17). The van der Waals surface area contributed by atoms with Crippen molar-refractivity contribution in [1.29, 1.82) is 0 Å². The molecule has 0 radical (unpaired) electrons. The van der Waals surface area contributed by atoms with E-state index in [0.29, 0.717) is 0 Å². The van der Waals surface area contributed by atoms with Crippen LogP contribution in [0.15, 0.2) is 15.9 Å². The lowest BCUT2D eigenvalue weighted by molar-refractivity contribution is 0.948. The summed E-state index contributed by atoms with van der Waals surface area (Å²) >= 11 is 5.26. The summed E-state index contributed by atoms with van der Waals surface area (Å²) in [5, 5.41) is 5.43. The fraction of sp³-hybridized carbons (Fsp3) is 0.385. The second kappa shape index (κ2) is 5.80. The second-order valence-corrected chi connectivity index (χ2v) is 5.89. The lowest BCUT2D eigenvalue weighted by atomic mass is 10.2. The van der Waals surface area contributed by atoms with Crippen LogP contribution >= 0.6 is 27.3 Å². The SMILES string of the molecule is CCCNc1nc(C)nc(-c2sccc2Br)c1C. The number of nitrogens with zero attached hydrogens (tertiary/aromatic N) is 2. The summed E-state index contributed by atoms with van der Waals surface area (Å²) in [6.07, 6.45) is 1.08. The van der Waals surface area contributed by atoms with Gasteiger partial charge in [-0.3, -0.25) is 0 Å². The van der Waals surface area contributed by atoms with Gasteiger partial charge in [-0.25, -0.2) is 9.97 Å². The number of anilines is 1. The van der Waals surface area contributed by atoms with Crippen LogP contribution in [0.4, 0.5) is 5.82 Å². The van der Waals surface area contributed by atoms with Crippen LogP contribution in [-0.4, -0.2) is 16.5 Å². The molecule has 2 heterocycles. The molecule has 1 N–H and O–H groups in total. The molecule has 2 aromatic rings. The van der Waals surface area contributed by atoms with Crippen molar-refractivity contribution in [2.75, 3.05) is 11.9 Å². The molecular weight excluding hydrogens is 310 g/mol. The van der Waals surface area contributed by atoms with Crippen molar-refractivity contribution in [2.24, 2.45) is 0 Å². The van der Waals surface area contributed by atoms with Gasteiger partial charge in [0, 0.05) is 16.6 Å². The first-order chi connectivity index (χ1) is 8.63. The molecule has 0 fully saturated rings. The molecule has 2 rings (SSSR count). The van der Waals surface area contributed by atoms with E-state index in [1.54, 1.807) is 11.3 Å². The van der Waals surface area contributed by atoms with E-state index in [1.807, 2.05) is 6.92 Å². The van der Waals surface area contributed by atoms with Crippen LogP contribution in [0.1, 0.15) is 24.7 Å². The van der Waals surface area contributed by atoms with E-state index in [0.717, 1.165) is 45.2 Å². The fourth-order valence-corrected chi connectivity index (χ4v) is 3.33. The third-order valence-electron chi connectivity index (χ3n) is 2.63. The molecule has 18 heavy (non-hydrogen) atoms. The van der Waals surface area contributed by atoms with E-state index < -0.39 is 0 Å². The molecule has 0 aliphatic heterocycles. The van der Waals surface area contributed by atoms with Gasteiger partial charge in [0.2, 0.25) is 0 Å². The number of thiophene rings is 1. The predicted molar refractivity (Wildman–Crippen MR) is 81.3 cm³/mol. The molecule has 0 saturated heterocycles. The Labute approximate surface area is 120 Å². The Kier molecular flexibility index (Phi) is 4.35. The van der Waals surface area contributed by atoms with Gasteiger partial charge in [-0.1, -0.05) is 6.92 Å². The van der Waals surface area contributed by atoms with Gasteiger partial charge < -0.3 is 5.32 Å². The lowest BCUT2D eigenvalue weighted by Gasteiger charge is -2.12. The maximum absolute atomic E-state index is 4.57. The molecule has 0 aliphatic carbocycles. The number of aromatic nitrogens is 2. The molecule has 0 spiro atoms. The topological polar surface area (TPSA) is 37.8 Å². The Bertz CT molecular complexity index is 551. The van der Waals surface area contributed by atoms with Crippen molar-refractivity contribution in [3.8, 4) is 10.6 Å². The predicted octanol–water partition coefficient (Wildman–Crippen LogP) is 4.41. The fourth-order valence-electron chi connectivity index (χ4n) is 1.73. The van der Waals surface area contributed by atoms with Crippen LogP contribution in [-0.2, 0) is 0 Å². The monoisotopic (exact) mass is 325 g/mol. The molecule has 0 aliphatic rings. The quantitative estimate of drug-likeness (QED) is 0.904. The molecule has 2 aromatic heterocycles. The molecular formula is C13H16BrN3S. The Morgan fingerprint density at radius 3 is 2.72 bits per heavy atom. The average Bonchev–Trinajstić information content (AvgIpc) is 2.76. The highest BCUT2D eigenvalue weighted by molar-refractivity contribution is 9.10. The van der Waals surface area contributed by atoms with Crippen molar-refractivity contribution in [1.82, 2.24) is 9.97 Å². The third-order valence-corrected chi connectivity index (χ3v) is 4.48. The van der Waals surface area contributed by atoms with Gasteiger partial charge >= 0.3 is 0 Å². The molecule has 0 unspecified atom stereocenters. The first-order valence-corrected chi connectivity index (χ1v) is 7.63. The highest BCUT2D eigenvalue weighted by atomic mass is 79.9. The lowest BCUT2D eigenvalue weighted by Crippen LogP contribution is -2.07. The maximum Gasteiger partial charge on any atom is 0.133 e. The summed E-state index contributed by atoms with van der Waals surface area (Å²) < 4.78 is 1.09. The first-order valence-electron chi connectivity index (χ1n) is 5.96. The van der Waals surface area contributed by atoms with Gasteiger partial charge in [0.1, 0.15) is 11.6 Å². The van der Waals surface area contributed by atoms with E-state index >= 15 is 0 Å². The Morgan fingerprint density at radius 2 is 2.11 bits per heavy atom. The van der Waals surface area contributed by atoms with E-state index in [-0.39, 0.29) is 0 Å². The van der Waals surface area contributed by atoms with E-state index in [1.165, 1.54) is 0 Å². The summed E-state index contributed by atoms with van der Waals surface area (Å²) in [7, 11) is 0. The zero-order chi connectivity index (χ0) is 13.1. The Hall–Kier alpha value is -0.940. The van der Waals surface area contributed by atoms with Gasteiger partial charge in [-0.2, -0.15) is 0 Å². The van der Waals surface area contributed by atoms with Crippen LogP contribution in [0, 0.1) is 13.8 Å². The summed E-state index contributed by atoms with van der Waals surface area (Å²) in [4.78, 5) is 10.2. The second-order valence-electron chi connectivity index (χ2n) is 4.12. The van der Waals surface area contributed by atoms with E-state index in [9.17, 15) is 0 Å². The minimum Gasteiger partial charge on any atom is -0.370 e. The van der Waals surface area contributed by atoms with Crippen LogP contribution in [0.2, 0.25) is 0 Å². The Morgan fingerprint density at radius 1 is 1.33 bits per heavy atom. The van der Waals surface area contributed by atoms with Gasteiger partial charge in [-0.05, 0) is 47.6 Å². The average molecular weight is 326 g/mol. The molecule has 0 atom stereocenters. The summed E-state index contributed by atoms with van der Waals surface area (Å²) in [6.45, 7) is 7.08. The van der Waals surface area contributed by atoms with Crippen LogP contribution in [0.3, 0.4) is 0 Å². The molecule has 3 nitrogen and oxygen atoms in total. The summed E-state index contributed by atoms with van der Waals surface area (Å²) in [6, 6.07) is 2.05. The number of hydrogen-bond donors (Lipinski definition) is 1. The van der Waals surface area contributed by atoms with Crippen molar-refractivity contribution in [3.63, 3.8) is 0 Å². The highest BCUT2D eigenvalue weighted by Crippen LogP contribution is 2.35. The number of aryl methyl sites for hydroxylation is 1. The number of nitrogens with one attached hydrogen (secondary N) is 1. The third kappa shape index (κ3) is 2.72. The number of hydrogen-bond acceptors (Lipinski definition) is 4. The van der Waals surface area contributed by atoms with Gasteiger partial charge in [0.05, 0.1) is 10.6 Å². The van der Waals surface area contributed by atoms with Gasteiger partial charge in [-0.15, -0.1) is 11.3 Å². The van der Waals surface area contributed by atoms with Crippen molar-refractivity contribution in [3.05, 3.63) is 27.3 Å². The maximum atomic E-state index is 4.57. The van der Waals surface area contributed by atoms with Crippen molar-refractivity contribution in [2.45, 2.75) is 27.2 Å². The van der Waals surface area contributed by atoms with Crippen LogP contribution in [0.25, 0.3) is 10.6 Å². The largest absolute Gasteiger partial charge is 0.370 e. The molecule has 0 amide bonds. The Balaban J connectivity index is 2.48. The van der Waals surface area contributed by atoms with Gasteiger partial charge in [0.15, 0.2) is 0 Å². The van der Waals surface area contributed by atoms with Crippen molar-refractivity contribution >= 4 is 33.1 Å². The minimum absolute atomic E-state index is 0.800. The molecule has 5 heteroatoms. The van der Waals surface area contributed by atoms with Crippen LogP contribution < -0.4 is 5.32 Å². The summed E-state index contributed by atoms with van der Waals surface area (Å²) in [5.74, 6) is 1.74. The molecule has 96 valence electrons. The smallest absolute Gasteiger partial charge is 0.133 e. The van der Waals surface area contributed by atoms with Crippen molar-refractivity contribution < 1.29 is 0 Å². The zero-order valence-corrected chi connectivity index (χ0v) is 13.2. The molecule has 0 bridgehead atoms.